The average molecular weight is 106 g/mol. The van der Waals surface area contributed by atoms with Crippen LogP contribution >= 0.6 is 0 Å². The minimum absolute atomic E-state index is 0. The Morgan fingerprint density at radius 3 is 1.17 bits per heavy atom. The minimum atomic E-state index is -0.125. The molecule has 6 heavy (non-hydrogen) atoms. The molecule has 0 bridgehead atoms. The third-order valence-electron chi connectivity index (χ3n) is 0.1000. The van der Waals surface area contributed by atoms with Crippen LogP contribution in [0.1, 0.15) is 0 Å². The van der Waals surface area contributed by atoms with E-state index in [0.29, 0.717) is 0 Å². The van der Waals surface area contributed by atoms with Crippen LogP contribution in [-0.4, -0.2) is 52.0 Å². The SMILES string of the molecule is O.OCCO.[MgH2]. The highest BCUT2D eigenvalue weighted by molar-refractivity contribution is 5.75. The Balaban J connectivity index is -0.0000000450. The Bertz CT molecular complexity index is 10.8. The Hall–Kier alpha value is 0.646. The lowest BCUT2D eigenvalue weighted by molar-refractivity contribution is 0.186. The smallest absolute Gasteiger partial charge is 0.316 e. The lowest BCUT2D eigenvalue weighted by Gasteiger charge is -1.70. The number of aliphatic hydroxyl groups excluding tert-OH is 2. The molecule has 0 atom stereocenters. The molecule has 3 nitrogen and oxygen atoms in total. The maximum Gasteiger partial charge on any atom is 0.316 e. The van der Waals surface area contributed by atoms with Crippen LogP contribution in [0.25, 0.3) is 0 Å². The summed E-state index contributed by atoms with van der Waals surface area (Å²) in [7, 11) is 0. The monoisotopic (exact) mass is 106 g/mol. The molecule has 0 aliphatic carbocycles. The van der Waals surface area contributed by atoms with Crippen molar-refractivity contribution in [2.45, 2.75) is 0 Å². The van der Waals surface area contributed by atoms with Crippen molar-refractivity contribution in [3.8, 4) is 0 Å². The number of aliphatic hydroxyl groups is 2. The molecule has 0 radical (unpaired) electrons. The van der Waals surface area contributed by atoms with Gasteiger partial charge in [-0.3, -0.25) is 0 Å². The maximum absolute atomic E-state index is 7.62. The van der Waals surface area contributed by atoms with Gasteiger partial charge >= 0.3 is 23.1 Å². The van der Waals surface area contributed by atoms with Gasteiger partial charge in [0.1, 0.15) is 0 Å². The van der Waals surface area contributed by atoms with E-state index in [9.17, 15) is 0 Å². The Labute approximate surface area is 52.4 Å². The van der Waals surface area contributed by atoms with Crippen molar-refractivity contribution in [1.82, 2.24) is 0 Å². The molecule has 0 aromatic carbocycles. The van der Waals surface area contributed by atoms with Gasteiger partial charge in [0.2, 0.25) is 0 Å². The molecule has 0 aliphatic rings. The van der Waals surface area contributed by atoms with Gasteiger partial charge in [-0.15, -0.1) is 0 Å². The Morgan fingerprint density at radius 2 is 1.17 bits per heavy atom. The lowest BCUT2D eigenvalue weighted by atomic mass is 10.8. The van der Waals surface area contributed by atoms with Gasteiger partial charge in [-0.2, -0.15) is 0 Å². The fourth-order valence-electron chi connectivity index (χ4n) is 0. The highest BCUT2D eigenvalue weighted by atomic mass is 24.3. The van der Waals surface area contributed by atoms with E-state index in [2.05, 4.69) is 0 Å². The zero-order chi connectivity index (χ0) is 3.41. The topological polar surface area (TPSA) is 72.0 Å². The quantitative estimate of drug-likeness (QED) is 0.355. The summed E-state index contributed by atoms with van der Waals surface area (Å²) in [4.78, 5) is 0. The number of hydrogen-bond donors (Lipinski definition) is 2. The summed E-state index contributed by atoms with van der Waals surface area (Å²) in [5.74, 6) is 0. The van der Waals surface area contributed by atoms with E-state index in [0.717, 1.165) is 0 Å². The molecule has 0 aromatic heterocycles. The van der Waals surface area contributed by atoms with E-state index in [1.54, 1.807) is 0 Å². The molecule has 0 amide bonds. The maximum atomic E-state index is 7.62. The molecule has 0 aliphatic heterocycles. The van der Waals surface area contributed by atoms with Crippen molar-refractivity contribution in [3.63, 3.8) is 0 Å². The fourth-order valence-corrected chi connectivity index (χ4v) is 0. The summed E-state index contributed by atoms with van der Waals surface area (Å²) in [6.45, 7) is -0.250. The minimum Gasteiger partial charge on any atom is -0.412 e. The second kappa shape index (κ2) is 17.4. The van der Waals surface area contributed by atoms with Gasteiger partial charge in [0.15, 0.2) is 0 Å². The van der Waals surface area contributed by atoms with Gasteiger partial charge in [0.25, 0.3) is 0 Å². The summed E-state index contributed by atoms with van der Waals surface area (Å²) >= 11 is 0. The molecule has 0 fully saturated rings. The van der Waals surface area contributed by atoms with Crippen LogP contribution in [0.2, 0.25) is 0 Å². The predicted molar refractivity (Wildman–Crippen MR) is 26.3 cm³/mol. The summed E-state index contributed by atoms with van der Waals surface area (Å²) in [5.41, 5.74) is 0. The first kappa shape index (κ1) is 15.9. The van der Waals surface area contributed by atoms with Crippen LogP contribution in [0.4, 0.5) is 0 Å². The molecular formula is C2H10MgO3. The highest BCUT2D eigenvalue weighted by Crippen LogP contribution is 1.39. The molecule has 0 aromatic rings. The Morgan fingerprint density at radius 1 is 1.00 bits per heavy atom. The second-order valence-corrected chi connectivity index (χ2v) is 0.447. The molecule has 0 saturated heterocycles. The zero-order valence-corrected chi connectivity index (χ0v) is 2.81. The first-order valence-corrected chi connectivity index (χ1v) is 1.13. The van der Waals surface area contributed by atoms with Crippen molar-refractivity contribution < 1.29 is 15.7 Å². The van der Waals surface area contributed by atoms with Crippen molar-refractivity contribution in [2.75, 3.05) is 13.2 Å². The van der Waals surface area contributed by atoms with Crippen molar-refractivity contribution in [3.05, 3.63) is 0 Å². The first-order valence-electron chi connectivity index (χ1n) is 1.13. The molecule has 0 saturated carbocycles. The van der Waals surface area contributed by atoms with E-state index in [4.69, 9.17) is 10.2 Å². The second-order valence-electron chi connectivity index (χ2n) is 0.447. The third kappa shape index (κ3) is 22.8. The van der Waals surface area contributed by atoms with Crippen molar-refractivity contribution >= 4 is 23.1 Å². The van der Waals surface area contributed by atoms with Gasteiger partial charge in [-0.25, -0.2) is 0 Å². The molecule has 0 spiro atoms. The summed E-state index contributed by atoms with van der Waals surface area (Å²) in [6, 6.07) is 0. The molecule has 0 unspecified atom stereocenters. The van der Waals surface area contributed by atoms with E-state index in [1.807, 2.05) is 0 Å². The fraction of sp³-hybridized carbons (Fsp3) is 1.00. The highest BCUT2D eigenvalue weighted by Gasteiger charge is 1.58. The van der Waals surface area contributed by atoms with E-state index < -0.39 is 0 Å². The summed E-state index contributed by atoms with van der Waals surface area (Å²) in [5, 5.41) is 15.2. The van der Waals surface area contributed by atoms with E-state index in [1.165, 1.54) is 0 Å². The third-order valence-corrected chi connectivity index (χ3v) is 0.1000. The van der Waals surface area contributed by atoms with Crippen LogP contribution in [0.5, 0.6) is 0 Å². The van der Waals surface area contributed by atoms with Crippen LogP contribution < -0.4 is 0 Å². The average Bonchev–Trinajstić information content (AvgIpc) is 1.37. The van der Waals surface area contributed by atoms with Gasteiger partial charge in [0.05, 0.1) is 13.2 Å². The van der Waals surface area contributed by atoms with E-state index in [-0.39, 0.29) is 41.7 Å². The number of rotatable bonds is 1. The van der Waals surface area contributed by atoms with Crippen molar-refractivity contribution in [2.24, 2.45) is 0 Å². The zero-order valence-electron chi connectivity index (χ0n) is 2.81. The van der Waals surface area contributed by atoms with Gasteiger partial charge < -0.3 is 15.7 Å². The van der Waals surface area contributed by atoms with E-state index >= 15 is 0 Å². The molecule has 4 heteroatoms. The molecular weight excluding hydrogens is 96.3 g/mol. The Kier molecular flexibility index (Phi) is 46.2. The lowest BCUT2D eigenvalue weighted by Crippen LogP contribution is -1.85. The standard InChI is InChI=1S/C2H6O2.Mg.H2O.2H/c3-1-2-4;;;;/h3-4H,1-2H2;;1H2;;. The van der Waals surface area contributed by atoms with Gasteiger partial charge in [-0.1, -0.05) is 0 Å². The normalized spacial score (nSPS) is 5.00. The summed E-state index contributed by atoms with van der Waals surface area (Å²) in [6.07, 6.45) is 0. The van der Waals surface area contributed by atoms with Crippen LogP contribution in [0.15, 0.2) is 0 Å². The van der Waals surface area contributed by atoms with Crippen LogP contribution in [-0.2, 0) is 0 Å². The van der Waals surface area contributed by atoms with Crippen molar-refractivity contribution in [1.29, 1.82) is 0 Å². The van der Waals surface area contributed by atoms with Gasteiger partial charge in [0, 0.05) is 0 Å². The predicted octanol–water partition coefficient (Wildman–Crippen LogP) is -2.77. The summed E-state index contributed by atoms with van der Waals surface area (Å²) < 4.78 is 0. The number of hydrogen-bond acceptors (Lipinski definition) is 2. The van der Waals surface area contributed by atoms with Gasteiger partial charge in [-0.05, 0) is 0 Å². The molecule has 0 rings (SSSR count). The first-order chi connectivity index (χ1) is 1.91. The molecule has 38 valence electrons. The molecule has 0 heterocycles. The largest absolute Gasteiger partial charge is 0.412 e. The van der Waals surface area contributed by atoms with Crippen LogP contribution in [0, 0.1) is 0 Å². The molecule has 4 N–H and O–H groups in total. The van der Waals surface area contributed by atoms with Crippen LogP contribution in [0.3, 0.4) is 0 Å².